The van der Waals surface area contributed by atoms with Crippen LogP contribution in [0, 0.1) is 0 Å². The SMILES string of the molecule is CNC(=O)c1ccc(CN2C(=O)c3ccccc3S2(=O)=O)cc1. The number of hydrogen-bond acceptors (Lipinski definition) is 4. The first-order valence-electron chi connectivity index (χ1n) is 6.92. The van der Waals surface area contributed by atoms with Gasteiger partial charge in [0, 0.05) is 12.6 Å². The first-order chi connectivity index (χ1) is 10.9. The monoisotopic (exact) mass is 330 g/mol. The lowest BCUT2D eigenvalue weighted by Gasteiger charge is -2.15. The molecule has 2 aromatic carbocycles. The third-order valence-electron chi connectivity index (χ3n) is 3.68. The van der Waals surface area contributed by atoms with E-state index in [0.29, 0.717) is 11.1 Å². The van der Waals surface area contributed by atoms with E-state index in [1.807, 2.05) is 0 Å². The highest BCUT2D eigenvalue weighted by molar-refractivity contribution is 7.90. The summed E-state index contributed by atoms with van der Waals surface area (Å²) in [5.74, 6) is -0.759. The number of benzene rings is 2. The molecule has 0 saturated carbocycles. The van der Waals surface area contributed by atoms with Crippen LogP contribution in [0.5, 0.6) is 0 Å². The lowest BCUT2D eigenvalue weighted by atomic mass is 10.1. The minimum absolute atomic E-state index is 0.0342. The Bertz CT molecular complexity index is 889. The van der Waals surface area contributed by atoms with E-state index in [9.17, 15) is 18.0 Å². The molecule has 2 amide bonds. The number of sulfonamides is 1. The number of carbonyl (C=O) groups is 2. The van der Waals surface area contributed by atoms with Gasteiger partial charge in [-0.3, -0.25) is 9.59 Å². The Morgan fingerprint density at radius 1 is 1.09 bits per heavy atom. The molecule has 0 spiro atoms. The Morgan fingerprint density at radius 3 is 2.35 bits per heavy atom. The smallest absolute Gasteiger partial charge is 0.269 e. The van der Waals surface area contributed by atoms with Gasteiger partial charge in [-0.25, -0.2) is 12.7 Å². The molecule has 23 heavy (non-hydrogen) atoms. The van der Waals surface area contributed by atoms with Gasteiger partial charge >= 0.3 is 0 Å². The van der Waals surface area contributed by atoms with Gasteiger partial charge in [-0.2, -0.15) is 0 Å². The molecule has 0 saturated heterocycles. The Hall–Kier alpha value is -2.67. The molecule has 0 aromatic heterocycles. The Labute approximate surface area is 133 Å². The average molecular weight is 330 g/mol. The normalized spacial score (nSPS) is 15.3. The fourth-order valence-corrected chi connectivity index (χ4v) is 4.02. The van der Waals surface area contributed by atoms with Gasteiger partial charge in [0.1, 0.15) is 4.90 Å². The van der Waals surface area contributed by atoms with Crippen molar-refractivity contribution < 1.29 is 18.0 Å². The van der Waals surface area contributed by atoms with Crippen molar-refractivity contribution in [1.82, 2.24) is 9.62 Å². The van der Waals surface area contributed by atoms with Crippen molar-refractivity contribution in [2.45, 2.75) is 11.4 Å². The van der Waals surface area contributed by atoms with Gasteiger partial charge in [0.2, 0.25) is 0 Å². The third kappa shape index (κ3) is 2.49. The molecule has 0 radical (unpaired) electrons. The number of hydrogen-bond donors (Lipinski definition) is 1. The van der Waals surface area contributed by atoms with Gasteiger partial charge in [-0.1, -0.05) is 24.3 Å². The number of amides is 2. The van der Waals surface area contributed by atoms with E-state index in [2.05, 4.69) is 5.32 Å². The fourth-order valence-electron chi connectivity index (χ4n) is 2.46. The largest absolute Gasteiger partial charge is 0.355 e. The number of nitrogens with zero attached hydrogens (tertiary/aromatic N) is 1. The first kappa shape index (κ1) is 15.2. The molecule has 0 atom stereocenters. The minimum Gasteiger partial charge on any atom is -0.355 e. The van der Waals surface area contributed by atoms with Crippen LogP contribution in [-0.4, -0.2) is 31.6 Å². The van der Waals surface area contributed by atoms with Gasteiger partial charge < -0.3 is 5.32 Å². The summed E-state index contributed by atoms with van der Waals surface area (Å²) < 4.78 is 25.8. The molecule has 7 heteroatoms. The summed E-state index contributed by atoms with van der Waals surface area (Å²) in [6.45, 7) is -0.0656. The van der Waals surface area contributed by atoms with Crippen LogP contribution in [0.4, 0.5) is 0 Å². The fraction of sp³-hybridized carbons (Fsp3) is 0.125. The Morgan fingerprint density at radius 2 is 1.74 bits per heavy atom. The van der Waals surface area contributed by atoms with E-state index in [1.165, 1.54) is 19.2 Å². The number of rotatable bonds is 3. The molecule has 1 aliphatic heterocycles. The highest BCUT2D eigenvalue weighted by Crippen LogP contribution is 2.31. The summed E-state index contributed by atoms with van der Waals surface area (Å²) in [4.78, 5) is 23.9. The first-order valence-corrected chi connectivity index (χ1v) is 8.36. The third-order valence-corrected chi connectivity index (χ3v) is 5.47. The van der Waals surface area contributed by atoms with Crippen LogP contribution >= 0.6 is 0 Å². The highest BCUT2D eigenvalue weighted by atomic mass is 32.2. The molecule has 6 nitrogen and oxygen atoms in total. The maximum absolute atomic E-state index is 12.5. The van der Waals surface area contributed by atoms with Crippen molar-refractivity contribution in [1.29, 1.82) is 0 Å². The molecule has 118 valence electrons. The van der Waals surface area contributed by atoms with Crippen molar-refractivity contribution in [2.75, 3.05) is 7.05 Å². The molecule has 1 N–H and O–H groups in total. The molecule has 1 heterocycles. The number of fused-ring (bicyclic) bond motifs is 1. The van der Waals surface area contributed by atoms with Crippen molar-refractivity contribution in [3.63, 3.8) is 0 Å². The lowest BCUT2D eigenvalue weighted by Crippen LogP contribution is -2.29. The average Bonchev–Trinajstić information content (AvgIpc) is 2.76. The molecule has 0 aliphatic carbocycles. The topological polar surface area (TPSA) is 83.6 Å². The summed E-state index contributed by atoms with van der Waals surface area (Å²) >= 11 is 0. The van der Waals surface area contributed by atoms with Crippen LogP contribution < -0.4 is 5.32 Å². The highest BCUT2D eigenvalue weighted by Gasteiger charge is 2.40. The second-order valence-electron chi connectivity index (χ2n) is 5.09. The molecule has 3 rings (SSSR count). The van der Waals surface area contributed by atoms with Gasteiger partial charge in [0.15, 0.2) is 0 Å². The molecule has 0 unspecified atom stereocenters. The standard InChI is InChI=1S/C16H14N2O4S/c1-17-15(19)12-8-6-11(7-9-12)10-18-16(20)13-4-2-3-5-14(13)23(18,21)22/h2-9H,10H2,1H3,(H,17,19). The summed E-state index contributed by atoms with van der Waals surface area (Å²) in [6, 6.07) is 12.6. The van der Waals surface area contributed by atoms with Gasteiger partial charge in [-0.05, 0) is 29.8 Å². The van der Waals surface area contributed by atoms with Crippen LogP contribution in [0.25, 0.3) is 0 Å². The quantitative estimate of drug-likeness (QED) is 0.922. The Balaban J connectivity index is 1.90. The van der Waals surface area contributed by atoms with Gasteiger partial charge in [0.05, 0.1) is 12.1 Å². The summed E-state index contributed by atoms with van der Waals surface area (Å²) in [6.07, 6.45) is 0. The molecular weight excluding hydrogens is 316 g/mol. The molecule has 2 aromatic rings. The van der Waals surface area contributed by atoms with Crippen LogP contribution in [0.3, 0.4) is 0 Å². The summed E-state index contributed by atoms with van der Waals surface area (Å²) in [5.41, 5.74) is 1.28. The van der Waals surface area contributed by atoms with E-state index < -0.39 is 15.9 Å². The van der Waals surface area contributed by atoms with Crippen molar-refractivity contribution in [2.24, 2.45) is 0 Å². The maximum Gasteiger partial charge on any atom is 0.269 e. The van der Waals surface area contributed by atoms with Crippen LogP contribution in [0.1, 0.15) is 26.3 Å². The summed E-state index contributed by atoms with van der Waals surface area (Å²) in [7, 11) is -2.29. The van der Waals surface area contributed by atoms with Crippen LogP contribution in [0.2, 0.25) is 0 Å². The summed E-state index contributed by atoms with van der Waals surface area (Å²) in [5, 5.41) is 2.51. The van der Waals surface area contributed by atoms with Crippen LogP contribution in [0.15, 0.2) is 53.4 Å². The second kappa shape index (κ2) is 5.51. The van der Waals surface area contributed by atoms with Crippen molar-refractivity contribution in [3.8, 4) is 0 Å². The number of nitrogens with one attached hydrogen (secondary N) is 1. The molecular formula is C16H14N2O4S. The second-order valence-corrected chi connectivity index (χ2v) is 6.92. The van der Waals surface area contributed by atoms with Crippen molar-refractivity contribution in [3.05, 3.63) is 65.2 Å². The van der Waals surface area contributed by atoms with Crippen molar-refractivity contribution >= 4 is 21.8 Å². The van der Waals surface area contributed by atoms with E-state index in [4.69, 9.17) is 0 Å². The van der Waals surface area contributed by atoms with E-state index in [-0.39, 0.29) is 22.9 Å². The minimum atomic E-state index is -3.82. The van der Waals surface area contributed by atoms with Gasteiger partial charge in [-0.15, -0.1) is 0 Å². The zero-order valence-electron chi connectivity index (χ0n) is 12.3. The van der Waals surface area contributed by atoms with E-state index in [0.717, 1.165) is 4.31 Å². The molecule has 0 bridgehead atoms. The van der Waals surface area contributed by atoms with E-state index in [1.54, 1.807) is 36.4 Å². The molecule has 0 fully saturated rings. The maximum atomic E-state index is 12.5. The van der Waals surface area contributed by atoms with Crippen LogP contribution in [-0.2, 0) is 16.6 Å². The molecule has 1 aliphatic rings. The zero-order chi connectivity index (χ0) is 16.6. The predicted octanol–water partition coefficient (Wildman–Crippen LogP) is 1.39. The predicted molar refractivity (Wildman–Crippen MR) is 83.3 cm³/mol. The zero-order valence-corrected chi connectivity index (χ0v) is 13.1. The van der Waals surface area contributed by atoms with Gasteiger partial charge in [0.25, 0.3) is 21.8 Å². The Kier molecular flexibility index (Phi) is 3.65. The lowest BCUT2D eigenvalue weighted by molar-refractivity contribution is 0.0864. The number of carbonyl (C=O) groups excluding carboxylic acids is 2. The van der Waals surface area contributed by atoms with E-state index >= 15 is 0 Å².